The first-order valence-corrected chi connectivity index (χ1v) is 10.7. The Morgan fingerprint density at radius 2 is 1.80 bits per heavy atom. The molecule has 3 aromatic rings. The summed E-state index contributed by atoms with van der Waals surface area (Å²) >= 11 is 7.05. The van der Waals surface area contributed by atoms with E-state index < -0.39 is 0 Å². The van der Waals surface area contributed by atoms with Crippen molar-refractivity contribution in [2.45, 2.75) is 25.0 Å². The van der Waals surface area contributed by atoms with Crippen molar-refractivity contribution in [1.82, 2.24) is 20.5 Å². The highest BCUT2D eigenvalue weighted by atomic mass is 35.5. The van der Waals surface area contributed by atoms with Crippen LogP contribution in [-0.2, 0) is 4.79 Å². The first-order chi connectivity index (χ1) is 14.4. The number of nitrogens with one attached hydrogen (secondary N) is 3. The predicted octanol–water partition coefficient (Wildman–Crippen LogP) is 4.32. The zero-order valence-electron chi connectivity index (χ0n) is 16.6. The second-order valence-electron chi connectivity index (χ2n) is 6.91. The van der Waals surface area contributed by atoms with E-state index in [1.165, 1.54) is 11.8 Å². The molecule has 9 heteroatoms. The minimum atomic E-state index is -0.331. The molecule has 0 aliphatic heterocycles. The van der Waals surface area contributed by atoms with Gasteiger partial charge in [-0.2, -0.15) is 0 Å². The van der Waals surface area contributed by atoms with Crippen LogP contribution in [0.2, 0.25) is 5.02 Å². The zero-order valence-corrected chi connectivity index (χ0v) is 18.1. The van der Waals surface area contributed by atoms with Gasteiger partial charge in [0.15, 0.2) is 0 Å². The number of aromatic amines is 1. The number of amides is 2. The molecule has 156 valence electrons. The molecule has 3 N–H and O–H groups in total. The van der Waals surface area contributed by atoms with Crippen LogP contribution in [0.5, 0.6) is 0 Å². The second kappa shape index (κ2) is 10.3. The van der Waals surface area contributed by atoms with Crippen LogP contribution in [0.4, 0.5) is 5.69 Å². The zero-order chi connectivity index (χ0) is 21.5. The standard InChI is InChI=1S/C21H22ClN5O2S/c1-13(2)18(24-20(29)14-6-4-3-5-7-14)19-25-21(27-26-19)30-12-17(28)23-16-10-8-15(22)9-11-16/h3-11,13,18H,12H2,1-2H3,(H,23,28)(H,24,29)(H,25,26,27). The summed E-state index contributed by atoms with van der Waals surface area (Å²) in [4.78, 5) is 29.1. The lowest BCUT2D eigenvalue weighted by molar-refractivity contribution is -0.113. The van der Waals surface area contributed by atoms with E-state index in [9.17, 15) is 9.59 Å². The number of rotatable bonds is 8. The van der Waals surface area contributed by atoms with Crippen LogP contribution < -0.4 is 10.6 Å². The second-order valence-corrected chi connectivity index (χ2v) is 8.29. The molecule has 0 aliphatic rings. The molecule has 0 radical (unpaired) electrons. The molecule has 2 amide bonds. The molecular weight excluding hydrogens is 422 g/mol. The molecule has 0 bridgehead atoms. The van der Waals surface area contributed by atoms with E-state index in [4.69, 9.17) is 11.6 Å². The summed E-state index contributed by atoms with van der Waals surface area (Å²) in [6.45, 7) is 3.98. The third kappa shape index (κ3) is 6.08. The Hall–Kier alpha value is -2.84. The first-order valence-electron chi connectivity index (χ1n) is 9.39. The molecule has 1 atom stereocenters. The summed E-state index contributed by atoms with van der Waals surface area (Å²) in [5.41, 5.74) is 1.25. The molecular formula is C21H22ClN5O2S. The lowest BCUT2D eigenvalue weighted by atomic mass is 10.0. The number of aromatic nitrogens is 3. The average Bonchev–Trinajstić information content (AvgIpc) is 3.21. The number of hydrogen-bond acceptors (Lipinski definition) is 5. The molecule has 3 rings (SSSR count). The fourth-order valence-corrected chi connectivity index (χ4v) is 3.42. The maximum absolute atomic E-state index is 12.5. The number of benzene rings is 2. The average molecular weight is 444 g/mol. The maximum Gasteiger partial charge on any atom is 0.251 e. The van der Waals surface area contributed by atoms with Gasteiger partial charge in [-0.05, 0) is 42.3 Å². The van der Waals surface area contributed by atoms with Gasteiger partial charge in [0.2, 0.25) is 11.1 Å². The number of hydrogen-bond donors (Lipinski definition) is 3. The van der Waals surface area contributed by atoms with Gasteiger partial charge in [0.05, 0.1) is 11.8 Å². The van der Waals surface area contributed by atoms with Gasteiger partial charge in [-0.25, -0.2) is 4.98 Å². The Kier molecular flexibility index (Phi) is 7.48. The Bertz CT molecular complexity index is 992. The van der Waals surface area contributed by atoms with Crippen molar-refractivity contribution in [2.24, 2.45) is 5.92 Å². The van der Waals surface area contributed by atoms with Crippen LogP contribution in [0.1, 0.15) is 36.1 Å². The minimum absolute atomic E-state index is 0.0941. The topological polar surface area (TPSA) is 99.8 Å². The highest BCUT2D eigenvalue weighted by molar-refractivity contribution is 7.99. The van der Waals surface area contributed by atoms with Crippen molar-refractivity contribution in [1.29, 1.82) is 0 Å². The van der Waals surface area contributed by atoms with E-state index in [0.29, 0.717) is 27.3 Å². The van der Waals surface area contributed by atoms with Gasteiger partial charge < -0.3 is 10.6 Å². The highest BCUT2D eigenvalue weighted by Gasteiger charge is 2.23. The van der Waals surface area contributed by atoms with Crippen LogP contribution in [-0.4, -0.2) is 32.7 Å². The fraction of sp³-hybridized carbons (Fsp3) is 0.238. The minimum Gasteiger partial charge on any atom is -0.342 e. The third-order valence-electron chi connectivity index (χ3n) is 4.23. The molecule has 30 heavy (non-hydrogen) atoms. The van der Waals surface area contributed by atoms with Gasteiger partial charge in [-0.3, -0.25) is 14.7 Å². The predicted molar refractivity (Wildman–Crippen MR) is 119 cm³/mol. The Balaban J connectivity index is 1.58. The first kappa shape index (κ1) is 21.9. The summed E-state index contributed by atoms with van der Waals surface area (Å²) in [6.07, 6.45) is 0. The molecule has 1 unspecified atom stereocenters. The lowest BCUT2D eigenvalue weighted by Crippen LogP contribution is -2.32. The molecule has 0 aliphatic carbocycles. The normalized spacial score (nSPS) is 11.9. The Labute approximate surface area is 184 Å². The molecule has 7 nitrogen and oxygen atoms in total. The van der Waals surface area contributed by atoms with Gasteiger partial charge in [0, 0.05) is 16.3 Å². The van der Waals surface area contributed by atoms with Crippen LogP contribution in [0, 0.1) is 5.92 Å². The Morgan fingerprint density at radius 3 is 2.47 bits per heavy atom. The van der Waals surface area contributed by atoms with E-state index in [1.807, 2.05) is 32.0 Å². The van der Waals surface area contributed by atoms with E-state index in [2.05, 4.69) is 25.8 Å². The fourth-order valence-electron chi connectivity index (χ4n) is 2.69. The van der Waals surface area contributed by atoms with E-state index in [-0.39, 0.29) is 29.5 Å². The van der Waals surface area contributed by atoms with Crippen molar-refractivity contribution in [3.8, 4) is 0 Å². The summed E-state index contributed by atoms with van der Waals surface area (Å²) < 4.78 is 0. The van der Waals surface area contributed by atoms with Crippen molar-refractivity contribution in [2.75, 3.05) is 11.1 Å². The third-order valence-corrected chi connectivity index (χ3v) is 5.33. The summed E-state index contributed by atoms with van der Waals surface area (Å²) in [5, 5.41) is 13.9. The number of anilines is 1. The van der Waals surface area contributed by atoms with Gasteiger partial charge in [0.25, 0.3) is 5.91 Å². The Morgan fingerprint density at radius 1 is 1.10 bits per heavy atom. The SMILES string of the molecule is CC(C)C(NC(=O)c1ccccc1)c1nc(SCC(=O)Nc2ccc(Cl)cc2)n[nH]1. The molecule has 0 spiro atoms. The van der Waals surface area contributed by atoms with Crippen LogP contribution in [0.3, 0.4) is 0 Å². The molecule has 1 heterocycles. The van der Waals surface area contributed by atoms with Crippen molar-refractivity contribution in [3.63, 3.8) is 0 Å². The molecule has 0 saturated heterocycles. The number of H-pyrrole nitrogens is 1. The molecule has 0 saturated carbocycles. The summed E-state index contributed by atoms with van der Waals surface area (Å²) in [5.74, 6) is 0.447. The quantitative estimate of drug-likeness (QED) is 0.450. The van der Waals surface area contributed by atoms with E-state index >= 15 is 0 Å². The van der Waals surface area contributed by atoms with Crippen LogP contribution in [0.15, 0.2) is 59.8 Å². The highest BCUT2D eigenvalue weighted by Crippen LogP contribution is 2.22. The summed E-state index contributed by atoms with van der Waals surface area (Å²) in [7, 11) is 0. The number of halogens is 1. The van der Waals surface area contributed by atoms with E-state index in [0.717, 1.165) is 0 Å². The van der Waals surface area contributed by atoms with Gasteiger partial charge >= 0.3 is 0 Å². The number of carbonyl (C=O) groups is 2. The largest absolute Gasteiger partial charge is 0.342 e. The number of nitrogens with zero attached hydrogens (tertiary/aromatic N) is 2. The number of carbonyl (C=O) groups excluding carboxylic acids is 2. The smallest absolute Gasteiger partial charge is 0.251 e. The number of thioether (sulfide) groups is 1. The van der Waals surface area contributed by atoms with E-state index in [1.54, 1.807) is 36.4 Å². The van der Waals surface area contributed by atoms with Crippen molar-refractivity contribution >= 4 is 40.9 Å². The molecule has 2 aromatic carbocycles. The van der Waals surface area contributed by atoms with Crippen molar-refractivity contribution in [3.05, 3.63) is 71.0 Å². The monoisotopic (exact) mass is 443 g/mol. The molecule has 1 aromatic heterocycles. The van der Waals surface area contributed by atoms with Crippen LogP contribution in [0.25, 0.3) is 0 Å². The van der Waals surface area contributed by atoms with Gasteiger partial charge in [-0.15, -0.1) is 5.10 Å². The van der Waals surface area contributed by atoms with Gasteiger partial charge in [-0.1, -0.05) is 55.4 Å². The maximum atomic E-state index is 12.5. The molecule has 0 fully saturated rings. The van der Waals surface area contributed by atoms with Crippen molar-refractivity contribution < 1.29 is 9.59 Å². The van der Waals surface area contributed by atoms with Crippen LogP contribution >= 0.6 is 23.4 Å². The van der Waals surface area contributed by atoms with Gasteiger partial charge in [0.1, 0.15) is 5.82 Å². The summed E-state index contributed by atoms with van der Waals surface area (Å²) in [6, 6.07) is 15.6. The lowest BCUT2D eigenvalue weighted by Gasteiger charge is -2.19.